The van der Waals surface area contributed by atoms with E-state index in [2.05, 4.69) is 38.1 Å². The van der Waals surface area contributed by atoms with Gasteiger partial charge in [0.15, 0.2) is 0 Å². The number of aliphatic hydroxyl groups excluding tert-OH is 2. The molecule has 0 aliphatic carbocycles. The van der Waals surface area contributed by atoms with E-state index in [9.17, 15) is 0 Å². The smallest absolute Gasteiger partial charge is 0.0536 e. The van der Waals surface area contributed by atoms with Crippen molar-refractivity contribution in [2.24, 2.45) is 0 Å². The van der Waals surface area contributed by atoms with Crippen molar-refractivity contribution in [3.8, 4) is 0 Å². The third-order valence-corrected chi connectivity index (χ3v) is 1.86. The van der Waals surface area contributed by atoms with Crippen LogP contribution in [0.4, 0.5) is 0 Å². The number of rotatable bonds is 2. The van der Waals surface area contributed by atoms with Crippen LogP contribution in [0.3, 0.4) is 0 Å². The summed E-state index contributed by atoms with van der Waals surface area (Å²) in [6.45, 7) is 7.53. The summed E-state index contributed by atoms with van der Waals surface area (Å²) in [5, 5.41) is 17.1. The van der Waals surface area contributed by atoms with Gasteiger partial charge >= 0.3 is 0 Å². The zero-order valence-corrected chi connectivity index (χ0v) is 10.1. The first-order chi connectivity index (χ1) is 6.91. The molecule has 0 heterocycles. The van der Waals surface area contributed by atoms with Gasteiger partial charge in [0.2, 0.25) is 0 Å². The Hall–Kier alpha value is -0.860. The Morgan fingerprint density at radius 1 is 1.00 bits per heavy atom. The van der Waals surface area contributed by atoms with Crippen molar-refractivity contribution in [2.45, 2.75) is 46.3 Å². The molecule has 2 unspecified atom stereocenters. The molecule has 1 aromatic carbocycles. The van der Waals surface area contributed by atoms with Gasteiger partial charge in [-0.2, -0.15) is 0 Å². The van der Waals surface area contributed by atoms with Gasteiger partial charge in [0.05, 0.1) is 12.2 Å². The molecule has 0 spiro atoms. The van der Waals surface area contributed by atoms with Crippen LogP contribution in [0.25, 0.3) is 0 Å². The van der Waals surface area contributed by atoms with E-state index in [1.54, 1.807) is 13.8 Å². The minimum Gasteiger partial charge on any atom is -0.393 e. The molecule has 15 heavy (non-hydrogen) atoms. The maximum absolute atomic E-state index is 8.56. The first-order valence-electron chi connectivity index (χ1n) is 5.31. The van der Waals surface area contributed by atoms with E-state index in [1.165, 1.54) is 11.1 Å². The lowest BCUT2D eigenvalue weighted by Gasteiger charge is -2.04. The molecule has 1 aromatic rings. The molecule has 0 radical (unpaired) electrons. The fraction of sp³-hybridized carbons (Fsp3) is 0.538. The molecule has 0 saturated carbocycles. The van der Waals surface area contributed by atoms with Crippen LogP contribution in [0.5, 0.6) is 0 Å². The average molecular weight is 210 g/mol. The second kappa shape index (κ2) is 7.43. The topological polar surface area (TPSA) is 40.5 Å². The first kappa shape index (κ1) is 14.1. The van der Waals surface area contributed by atoms with Gasteiger partial charge in [0.1, 0.15) is 0 Å². The molecule has 2 nitrogen and oxygen atoms in total. The molecule has 2 N–H and O–H groups in total. The molecule has 0 fully saturated rings. The van der Waals surface area contributed by atoms with Crippen LogP contribution in [-0.4, -0.2) is 22.4 Å². The lowest BCUT2D eigenvalue weighted by atomic mass is 10.2. The van der Waals surface area contributed by atoms with Gasteiger partial charge in [-0.1, -0.05) is 35.4 Å². The van der Waals surface area contributed by atoms with Crippen molar-refractivity contribution >= 4 is 0 Å². The van der Waals surface area contributed by atoms with E-state index >= 15 is 0 Å². The quantitative estimate of drug-likeness (QED) is 0.787. The van der Waals surface area contributed by atoms with Crippen LogP contribution in [0, 0.1) is 13.8 Å². The normalized spacial score (nSPS) is 13.7. The predicted molar refractivity (Wildman–Crippen MR) is 63.9 cm³/mol. The summed E-state index contributed by atoms with van der Waals surface area (Å²) in [4.78, 5) is 0. The van der Waals surface area contributed by atoms with E-state index in [-0.39, 0.29) is 12.2 Å². The number of aryl methyl sites for hydroxylation is 2. The molecule has 2 heteroatoms. The molecule has 0 amide bonds. The molecule has 0 aliphatic heterocycles. The van der Waals surface area contributed by atoms with Gasteiger partial charge in [-0.15, -0.1) is 0 Å². The first-order valence-corrected chi connectivity index (χ1v) is 5.31. The predicted octanol–water partition coefficient (Wildman–Crippen LogP) is 2.44. The highest BCUT2D eigenvalue weighted by molar-refractivity contribution is 5.20. The van der Waals surface area contributed by atoms with Gasteiger partial charge in [-0.05, 0) is 34.1 Å². The fourth-order valence-electron chi connectivity index (χ4n) is 1.30. The fourth-order valence-corrected chi connectivity index (χ4v) is 1.30. The van der Waals surface area contributed by atoms with E-state index in [1.807, 2.05) is 0 Å². The second-order valence-electron chi connectivity index (χ2n) is 4.09. The SMILES string of the molecule is CC(O)CC(C)O.Cc1cccc(C)c1. The summed E-state index contributed by atoms with van der Waals surface area (Å²) in [5.41, 5.74) is 2.68. The second-order valence-corrected chi connectivity index (χ2v) is 4.09. The van der Waals surface area contributed by atoms with Crippen LogP contribution >= 0.6 is 0 Å². The zero-order chi connectivity index (χ0) is 11.8. The van der Waals surface area contributed by atoms with Crippen molar-refractivity contribution in [1.29, 1.82) is 0 Å². The van der Waals surface area contributed by atoms with Crippen LogP contribution in [0.15, 0.2) is 24.3 Å². The lowest BCUT2D eigenvalue weighted by Crippen LogP contribution is -2.10. The molecule has 0 saturated heterocycles. The average Bonchev–Trinajstić information content (AvgIpc) is 2.01. The Bertz CT molecular complexity index is 244. The van der Waals surface area contributed by atoms with Gasteiger partial charge in [0.25, 0.3) is 0 Å². The maximum Gasteiger partial charge on any atom is 0.0536 e. The number of hydrogen-bond donors (Lipinski definition) is 2. The Labute approximate surface area is 92.6 Å². The summed E-state index contributed by atoms with van der Waals surface area (Å²) < 4.78 is 0. The van der Waals surface area contributed by atoms with Crippen LogP contribution in [-0.2, 0) is 0 Å². The molecular weight excluding hydrogens is 188 g/mol. The highest BCUT2D eigenvalue weighted by Crippen LogP contribution is 2.00. The van der Waals surface area contributed by atoms with Gasteiger partial charge in [0, 0.05) is 0 Å². The van der Waals surface area contributed by atoms with Crippen LogP contribution < -0.4 is 0 Å². The van der Waals surface area contributed by atoms with E-state index < -0.39 is 0 Å². The largest absolute Gasteiger partial charge is 0.393 e. The van der Waals surface area contributed by atoms with Crippen molar-refractivity contribution < 1.29 is 10.2 Å². The van der Waals surface area contributed by atoms with Crippen molar-refractivity contribution in [1.82, 2.24) is 0 Å². The number of benzene rings is 1. The zero-order valence-electron chi connectivity index (χ0n) is 10.1. The summed E-state index contributed by atoms with van der Waals surface area (Å²) >= 11 is 0. The number of hydrogen-bond acceptors (Lipinski definition) is 2. The van der Waals surface area contributed by atoms with E-state index in [0.29, 0.717) is 6.42 Å². The third-order valence-electron chi connectivity index (χ3n) is 1.86. The Balaban J connectivity index is 0.000000265. The highest BCUT2D eigenvalue weighted by Gasteiger charge is 1.98. The minimum atomic E-state index is -0.375. The van der Waals surface area contributed by atoms with E-state index in [0.717, 1.165) is 0 Å². The van der Waals surface area contributed by atoms with Gasteiger partial charge < -0.3 is 10.2 Å². The van der Waals surface area contributed by atoms with Crippen molar-refractivity contribution in [2.75, 3.05) is 0 Å². The standard InChI is InChI=1S/C8H10.C5H12O2/c1-7-4-3-5-8(2)6-7;1-4(6)3-5(2)7/h3-6H,1-2H3;4-7H,3H2,1-2H3. The molecule has 0 aromatic heterocycles. The monoisotopic (exact) mass is 210 g/mol. The van der Waals surface area contributed by atoms with Crippen LogP contribution in [0.1, 0.15) is 31.4 Å². The van der Waals surface area contributed by atoms with Crippen molar-refractivity contribution in [3.05, 3.63) is 35.4 Å². The summed E-state index contributed by atoms with van der Waals surface area (Å²) in [5.74, 6) is 0. The molecule has 0 bridgehead atoms. The molecular formula is C13H22O2. The summed E-state index contributed by atoms with van der Waals surface area (Å²) in [7, 11) is 0. The molecule has 86 valence electrons. The summed E-state index contributed by atoms with van der Waals surface area (Å²) in [6.07, 6.45) is -0.278. The Morgan fingerprint density at radius 3 is 1.53 bits per heavy atom. The third kappa shape index (κ3) is 9.44. The Morgan fingerprint density at radius 2 is 1.40 bits per heavy atom. The van der Waals surface area contributed by atoms with Gasteiger partial charge in [-0.3, -0.25) is 0 Å². The molecule has 0 aliphatic rings. The van der Waals surface area contributed by atoms with Crippen LogP contribution in [0.2, 0.25) is 0 Å². The van der Waals surface area contributed by atoms with Crippen molar-refractivity contribution in [3.63, 3.8) is 0 Å². The number of aliphatic hydroxyl groups is 2. The maximum atomic E-state index is 8.56. The lowest BCUT2D eigenvalue weighted by molar-refractivity contribution is 0.102. The molecule has 1 rings (SSSR count). The summed E-state index contributed by atoms with van der Waals surface area (Å²) in [6, 6.07) is 8.45. The minimum absolute atomic E-state index is 0.375. The Kier molecular flexibility index (Phi) is 7.01. The molecule has 2 atom stereocenters. The van der Waals surface area contributed by atoms with Gasteiger partial charge in [-0.25, -0.2) is 0 Å². The highest BCUT2D eigenvalue weighted by atomic mass is 16.3. The van der Waals surface area contributed by atoms with E-state index in [4.69, 9.17) is 10.2 Å².